The molecule has 276 valence electrons. The summed E-state index contributed by atoms with van der Waals surface area (Å²) in [6.07, 6.45) is 9.76. The molecule has 4 aromatic carbocycles. The monoisotopic (exact) mass is 723 g/mol. The van der Waals surface area contributed by atoms with Crippen molar-refractivity contribution in [1.29, 1.82) is 0 Å². The summed E-state index contributed by atoms with van der Waals surface area (Å²) in [5, 5.41) is 11.0. The van der Waals surface area contributed by atoms with E-state index in [4.69, 9.17) is 19.4 Å². The highest BCUT2D eigenvalue weighted by molar-refractivity contribution is 5.91. The molecular formula is C50H49N3O2. The number of fused-ring (bicyclic) bond motifs is 4. The Morgan fingerprint density at radius 1 is 0.673 bits per heavy atom. The number of furan rings is 1. The van der Waals surface area contributed by atoms with Crippen molar-refractivity contribution in [1.82, 2.24) is 15.0 Å². The first-order valence-electron chi connectivity index (χ1n) is 19.8. The zero-order valence-corrected chi connectivity index (χ0v) is 32.8. The topological polar surface area (TPSA) is 72.0 Å². The molecule has 9 rings (SSSR count). The summed E-state index contributed by atoms with van der Waals surface area (Å²) in [4.78, 5) is 15.2. The second-order valence-corrected chi connectivity index (χ2v) is 17.7. The Kier molecular flexibility index (Phi) is 8.34. The maximum atomic E-state index is 11.0. The summed E-state index contributed by atoms with van der Waals surface area (Å²) in [7, 11) is 0. The number of rotatable bonds is 5. The van der Waals surface area contributed by atoms with Crippen molar-refractivity contribution in [3.05, 3.63) is 155 Å². The van der Waals surface area contributed by atoms with E-state index in [2.05, 4.69) is 114 Å². The summed E-state index contributed by atoms with van der Waals surface area (Å²) in [6.45, 7) is 13.7. The lowest BCUT2D eigenvalue weighted by molar-refractivity contribution is 0.441. The first kappa shape index (κ1) is 35.2. The standard InChI is InChI=1S/C50H49N3O2/c1-48(2,3)33-22-24-36-37-25-23-34(49(4,5)6)28-41(37)50(40(36)27-33,44-21-13-19-42(53-44)38-18-10-11-20-43(38)54)35-17-12-16-32(26-35)45-47-46(52-30-51-45)39(29-55-47)31-14-8-7-9-15-31/h10-13,16-31,54H,7-9,14-15H2,1-6H3. The summed E-state index contributed by atoms with van der Waals surface area (Å²) < 4.78 is 6.40. The quantitative estimate of drug-likeness (QED) is 0.191. The molecule has 0 spiro atoms. The Labute approximate surface area is 324 Å². The molecule has 3 aromatic heterocycles. The molecule has 5 nitrogen and oxygen atoms in total. The Hall–Kier alpha value is -5.55. The van der Waals surface area contributed by atoms with Crippen molar-refractivity contribution in [3.63, 3.8) is 0 Å². The number of benzene rings is 4. The number of nitrogens with zero attached hydrogens (tertiary/aromatic N) is 3. The van der Waals surface area contributed by atoms with Crippen molar-refractivity contribution in [2.75, 3.05) is 0 Å². The summed E-state index contributed by atoms with van der Waals surface area (Å²) in [5.74, 6) is 0.676. The molecule has 3 heterocycles. The second kappa shape index (κ2) is 13.0. The zero-order valence-electron chi connectivity index (χ0n) is 32.8. The summed E-state index contributed by atoms with van der Waals surface area (Å²) in [6, 6.07) is 36.6. The van der Waals surface area contributed by atoms with Crippen LogP contribution in [0.25, 0.3) is 44.7 Å². The SMILES string of the molecule is CC(C)(C)c1ccc2c(c1)C(c1cccc(-c3ncnc4c(C5CCCCC5)coc34)c1)(c1cccc(-c3ccccc3O)n1)c1cc(C(C)(C)C)ccc1-2. The lowest BCUT2D eigenvalue weighted by atomic mass is 9.67. The predicted octanol–water partition coefficient (Wildman–Crippen LogP) is 12.7. The van der Waals surface area contributed by atoms with Gasteiger partial charge in [-0.1, -0.05) is 134 Å². The minimum Gasteiger partial charge on any atom is -0.507 e. The van der Waals surface area contributed by atoms with E-state index in [1.807, 2.05) is 30.5 Å². The van der Waals surface area contributed by atoms with E-state index >= 15 is 0 Å². The number of hydrogen-bond acceptors (Lipinski definition) is 5. The lowest BCUT2D eigenvalue weighted by Crippen LogP contribution is -2.31. The average Bonchev–Trinajstić information content (AvgIpc) is 3.75. The van der Waals surface area contributed by atoms with E-state index in [1.54, 1.807) is 12.4 Å². The van der Waals surface area contributed by atoms with Crippen molar-refractivity contribution in [2.24, 2.45) is 0 Å². The average molecular weight is 724 g/mol. The van der Waals surface area contributed by atoms with E-state index in [-0.39, 0.29) is 16.6 Å². The van der Waals surface area contributed by atoms with Crippen LogP contribution in [-0.4, -0.2) is 20.1 Å². The fourth-order valence-electron chi connectivity index (χ4n) is 9.15. The van der Waals surface area contributed by atoms with Crippen LogP contribution in [-0.2, 0) is 16.2 Å². The second-order valence-electron chi connectivity index (χ2n) is 17.7. The van der Waals surface area contributed by atoms with Crippen LogP contribution >= 0.6 is 0 Å². The zero-order chi connectivity index (χ0) is 38.1. The maximum absolute atomic E-state index is 11.0. The molecular weight excluding hydrogens is 675 g/mol. The number of aromatic nitrogens is 3. The third-order valence-corrected chi connectivity index (χ3v) is 12.2. The first-order chi connectivity index (χ1) is 26.4. The Balaban J connectivity index is 1.35. The van der Waals surface area contributed by atoms with Crippen molar-refractivity contribution >= 4 is 11.1 Å². The van der Waals surface area contributed by atoms with Gasteiger partial charge in [-0.15, -0.1) is 0 Å². The van der Waals surface area contributed by atoms with Crippen LogP contribution in [0.4, 0.5) is 0 Å². The highest BCUT2D eigenvalue weighted by Crippen LogP contribution is 2.57. The van der Waals surface area contributed by atoms with Crippen molar-refractivity contribution < 1.29 is 9.52 Å². The molecule has 0 saturated heterocycles. The highest BCUT2D eigenvalue weighted by atomic mass is 16.3. The number of hydrogen-bond donors (Lipinski definition) is 1. The molecule has 55 heavy (non-hydrogen) atoms. The van der Waals surface area contributed by atoms with Gasteiger partial charge in [-0.05, 0) is 98.9 Å². The Morgan fingerprint density at radius 2 is 1.35 bits per heavy atom. The molecule has 0 bridgehead atoms. The number of aromatic hydroxyl groups is 1. The fourth-order valence-corrected chi connectivity index (χ4v) is 9.15. The van der Waals surface area contributed by atoms with Crippen LogP contribution in [0, 0.1) is 0 Å². The van der Waals surface area contributed by atoms with Crippen LogP contribution in [0.5, 0.6) is 5.75 Å². The van der Waals surface area contributed by atoms with Gasteiger partial charge in [-0.25, -0.2) is 9.97 Å². The lowest BCUT2D eigenvalue weighted by Gasteiger charge is -2.35. The van der Waals surface area contributed by atoms with Gasteiger partial charge in [0.25, 0.3) is 0 Å². The molecule has 2 aliphatic carbocycles. The molecule has 1 fully saturated rings. The predicted molar refractivity (Wildman–Crippen MR) is 223 cm³/mol. The molecule has 1 saturated carbocycles. The van der Waals surface area contributed by atoms with E-state index in [0.29, 0.717) is 11.5 Å². The van der Waals surface area contributed by atoms with Gasteiger partial charge in [0.05, 0.1) is 23.1 Å². The minimum atomic E-state index is -0.799. The molecule has 5 heteroatoms. The Morgan fingerprint density at radius 3 is 2.02 bits per heavy atom. The summed E-state index contributed by atoms with van der Waals surface area (Å²) in [5.41, 5.74) is 14.4. The normalized spacial score (nSPS) is 15.6. The van der Waals surface area contributed by atoms with Gasteiger partial charge >= 0.3 is 0 Å². The van der Waals surface area contributed by atoms with E-state index in [1.165, 1.54) is 71.0 Å². The van der Waals surface area contributed by atoms with Crippen LogP contribution in [0.15, 0.2) is 120 Å². The molecule has 7 aromatic rings. The van der Waals surface area contributed by atoms with Gasteiger partial charge in [-0.2, -0.15) is 0 Å². The van der Waals surface area contributed by atoms with E-state index in [0.717, 1.165) is 39.3 Å². The van der Waals surface area contributed by atoms with Crippen LogP contribution in [0.2, 0.25) is 0 Å². The molecule has 1 N–H and O–H groups in total. The van der Waals surface area contributed by atoms with Crippen molar-refractivity contribution in [2.45, 2.75) is 95.8 Å². The maximum Gasteiger partial charge on any atom is 0.178 e. The highest BCUT2D eigenvalue weighted by Gasteiger charge is 2.48. The van der Waals surface area contributed by atoms with E-state index < -0.39 is 5.41 Å². The molecule has 0 unspecified atom stereocenters. The van der Waals surface area contributed by atoms with Gasteiger partial charge < -0.3 is 9.52 Å². The third-order valence-electron chi connectivity index (χ3n) is 12.2. The molecule has 0 atom stereocenters. The van der Waals surface area contributed by atoms with Gasteiger partial charge in [0, 0.05) is 16.7 Å². The van der Waals surface area contributed by atoms with E-state index in [9.17, 15) is 5.11 Å². The minimum absolute atomic E-state index is 0.0824. The van der Waals surface area contributed by atoms with Gasteiger partial charge in [-0.3, -0.25) is 4.98 Å². The smallest absolute Gasteiger partial charge is 0.178 e. The number of phenolic OH excluding ortho intramolecular Hbond substituents is 1. The van der Waals surface area contributed by atoms with Gasteiger partial charge in [0.15, 0.2) is 5.58 Å². The third kappa shape index (κ3) is 5.78. The Bertz CT molecular complexity index is 2510. The van der Waals surface area contributed by atoms with Gasteiger partial charge in [0.2, 0.25) is 0 Å². The van der Waals surface area contributed by atoms with Crippen LogP contribution < -0.4 is 0 Å². The van der Waals surface area contributed by atoms with Gasteiger partial charge in [0.1, 0.15) is 23.3 Å². The number of pyridine rings is 1. The largest absolute Gasteiger partial charge is 0.507 e. The molecule has 0 aliphatic heterocycles. The number of phenols is 1. The number of para-hydroxylation sites is 1. The summed E-state index contributed by atoms with van der Waals surface area (Å²) >= 11 is 0. The van der Waals surface area contributed by atoms with Crippen molar-refractivity contribution in [3.8, 4) is 39.4 Å². The molecule has 0 amide bonds. The van der Waals surface area contributed by atoms with Crippen LogP contribution in [0.3, 0.4) is 0 Å². The fraction of sp³-hybridized carbons (Fsp3) is 0.300. The first-order valence-corrected chi connectivity index (χ1v) is 19.8. The molecule has 0 radical (unpaired) electrons. The van der Waals surface area contributed by atoms with Crippen LogP contribution in [0.1, 0.15) is 119 Å². The molecule has 2 aliphatic rings.